The molecule has 3 aliphatic heterocycles. The zero-order valence-corrected chi connectivity index (χ0v) is 18.1. The highest BCUT2D eigenvalue weighted by Crippen LogP contribution is 2.28. The summed E-state index contributed by atoms with van der Waals surface area (Å²) in [6.45, 7) is 6.80. The van der Waals surface area contributed by atoms with Crippen LogP contribution in [-0.2, 0) is 16.1 Å². The van der Waals surface area contributed by atoms with Crippen molar-refractivity contribution in [2.75, 3.05) is 39.8 Å². The molecule has 4 rings (SSSR count). The lowest BCUT2D eigenvalue weighted by atomic mass is 10.1. The van der Waals surface area contributed by atoms with Gasteiger partial charge >= 0.3 is 12.1 Å². The molecule has 1 aromatic carbocycles. The molecule has 1 N–H and O–H groups in total. The molecule has 1 aromatic rings. The molecule has 0 aromatic heterocycles. The maximum absolute atomic E-state index is 12.8. The Morgan fingerprint density at radius 3 is 2.65 bits per heavy atom. The minimum Gasteiger partial charge on any atom is -0.450 e. The van der Waals surface area contributed by atoms with E-state index in [0.717, 1.165) is 11.1 Å². The number of guanidine groups is 1. The minimum absolute atomic E-state index is 0.314. The second-order valence-corrected chi connectivity index (χ2v) is 7.98. The number of hydrogen-bond acceptors (Lipinski definition) is 7. The largest absolute Gasteiger partial charge is 0.450 e. The topological polar surface area (TPSA) is 97.8 Å². The molecular weight excluding hydrogens is 400 g/mol. The Kier molecular flexibility index (Phi) is 5.71. The molecule has 31 heavy (non-hydrogen) atoms. The second kappa shape index (κ2) is 8.44. The summed E-state index contributed by atoms with van der Waals surface area (Å²) in [4.78, 5) is 49.0. The Bertz CT molecular complexity index is 911. The van der Waals surface area contributed by atoms with Gasteiger partial charge in [-0.05, 0) is 19.4 Å². The number of rotatable bonds is 3. The van der Waals surface area contributed by atoms with E-state index >= 15 is 0 Å². The van der Waals surface area contributed by atoms with E-state index in [4.69, 9.17) is 9.73 Å². The molecule has 0 aliphatic carbocycles. The first kappa shape index (κ1) is 21.0. The first-order valence-electron chi connectivity index (χ1n) is 10.5. The lowest BCUT2D eigenvalue weighted by Crippen LogP contribution is -2.64. The van der Waals surface area contributed by atoms with Crippen LogP contribution >= 0.6 is 0 Å². The molecule has 2 atom stereocenters. The number of hydrogen-bond donors (Lipinski definition) is 1. The van der Waals surface area contributed by atoms with Crippen molar-refractivity contribution in [1.29, 1.82) is 0 Å². The van der Waals surface area contributed by atoms with Crippen LogP contribution in [0.1, 0.15) is 18.1 Å². The molecule has 0 radical (unpaired) electrons. The molecule has 166 valence electrons. The van der Waals surface area contributed by atoms with Gasteiger partial charge in [-0.25, -0.2) is 14.6 Å². The van der Waals surface area contributed by atoms with E-state index in [1.165, 1.54) is 4.90 Å². The van der Waals surface area contributed by atoms with Crippen molar-refractivity contribution in [3.8, 4) is 0 Å². The van der Waals surface area contributed by atoms with Crippen LogP contribution in [-0.4, -0.2) is 95.6 Å². The maximum atomic E-state index is 12.8. The van der Waals surface area contributed by atoms with Crippen molar-refractivity contribution < 1.29 is 19.1 Å². The SMILES string of the molecule is CCOC(=O)N1CCN(C2=NC3C(C(=O)NC(=O)N3C)N2Cc2cccc(C)c2)CC1. The molecule has 2 unspecified atom stereocenters. The lowest BCUT2D eigenvalue weighted by molar-refractivity contribution is -0.127. The van der Waals surface area contributed by atoms with Crippen molar-refractivity contribution in [2.24, 2.45) is 4.99 Å². The quantitative estimate of drug-likeness (QED) is 0.766. The summed E-state index contributed by atoms with van der Waals surface area (Å²) in [5.74, 6) is 0.335. The molecular formula is C21H28N6O4. The maximum Gasteiger partial charge on any atom is 0.409 e. The third kappa shape index (κ3) is 4.01. The van der Waals surface area contributed by atoms with E-state index in [1.807, 2.05) is 30.0 Å². The summed E-state index contributed by atoms with van der Waals surface area (Å²) in [5, 5.41) is 2.43. The second-order valence-electron chi connectivity index (χ2n) is 7.98. The van der Waals surface area contributed by atoms with Crippen molar-refractivity contribution in [1.82, 2.24) is 24.9 Å². The van der Waals surface area contributed by atoms with E-state index < -0.39 is 18.2 Å². The minimum atomic E-state index is -0.596. The number of aliphatic imine (C=N–C) groups is 1. The standard InChI is InChI=1S/C21H28N6O4/c1-4-31-21(30)26-10-8-25(9-11-26)19-22-17-16(18(28)23-20(29)24(17)3)27(19)13-15-7-5-6-14(2)12-15/h5-7,12,16-17H,4,8-11,13H2,1-3H3,(H,23,28,29). The summed E-state index contributed by atoms with van der Waals surface area (Å²) >= 11 is 0. The molecule has 10 nitrogen and oxygen atoms in total. The number of piperazine rings is 1. The Morgan fingerprint density at radius 1 is 1.23 bits per heavy atom. The van der Waals surface area contributed by atoms with Gasteiger partial charge in [0, 0.05) is 39.8 Å². The van der Waals surface area contributed by atoms with Crippen molar-refractivity contribution in [3.05, 3.63) is 35.4 Å². The summed E-state index contributed by atoms with van der Waals surface area (Å²) in [6, 6.07) is 7.08. The number of urea groups is 1. The van der Waals surface area contributed by atoms with E-state index in [2.05, 4.69) is 16.3 Å². The van der Waals surface area contributed by atoms with Crippen LogP contribution in [0.25, 0.3) is 0 Å². The summed E-state index contributed by atoms with van der Waals surface area (Å²) in [5.41, 5.74) is 2.20. The highest BCUT2D eigenvalue weighted by atomic mass is 16.6. The molecule has 10 heteroatoms. The number of carbonyl (C=O) groups excluding carboxylic acids is 3. The highest BCUT2D eigenvalue weighted by molar-refractivity contribution is 6.03. The van der Waals surface area contributed by atoms with Gasteiger partial charge in [-0.3, -0.25) is 10.1 Å². The molecule has 4 amide bonds. The molecule has 2 fully saturated rings. The molecule has 2 saturated heterocycles. The van der Waals surface area contributed by atoms with Crippen molar-refractivity contribution in [3.63, 3.8) is 0 Å². The third-order valence-corrected chi connectivity index (χ3v) is 5.86. The Balaban J connectivity index is 1.58. The molecule has 3 heterocycles. The van der Waals surface area contributed by atoms with Gasteiger partial charge in [0.1, 0.15) is 0 Å². The fourth-order valence-corrected chi connectivity index (χ4v) is 4.25. The van der Waals surface area contributed by atoms with Crippen LogP contribution in [0.2, 0.25) is 0 Å². The molecule has 0 spiro atoms. The predicted molar refractivity (Wildman–Crippen MR) is 113 cm³/mol. The number of imide groups is 1. The van der Waals surface area contributed by atoms with Gasteiger partial charge in [-0.1, -0.05) is 29.8 Å². The number of fused-ring (bicyclic) bond motifs is 1. The van der Waals surface area contributed by atoms with Crippen LogP contribution in [0.3, 0.4) is 0 Å². The monoisotopic (exact) mass is 428 g/mol. The zero-order valence-electron chi connectivity index (χ0n) is 18.1. The smallest absolute Gasteiger partial charge is 0.409 e. The van der Waals surface area contributed by atoms with Crippen molar-refractivity contribution in [2.45, 2.75) is 32.6 Å². The van der Waals surface area contributed by atoms with Crippen LogP contribution in [0.4, 0.5) is 9.59 Å². The Labute approximate surface area is 181 Å². The van der Waals surface area contributed by atoms with Gasteiger partial charge in [0.15, 0.2) is 18.2 Å². The molecule has 0 saturated carbocycles. The number of nitrogens with one attached hydrogen (secondary N) is 1. The number of carbonyl (C=O) groups is 3. The van der Waals surface area contributed by atoms with Gasteiger partial charge in [0.25, 0.3) is 5.91 Å². The molecule has 3 aliphatic rings. The number of benzene rings is 1. The first-order chi connectivity index (χ1) is 14.9. The predicted octanol–water partition coefficient (Wildman–Crippen LogP) is 0.817. The fraction of sp³-hybridized carbons (Fsp3) is 0.524. The fourth-order valence-electron chi connectivity index (χ4n) is 4.25. The summed E-state index contributed by atoms with van der Waals surface area (Å²) in [7, 11) is 1.65. The average molecular weight is 428 g/mol. The van der Waals surface area contributed by atoms with Gasteiger partial charge < -0.3 is 24.3 Å². The summed E-state index contributed by atoms with van der Waals surface area (Å²) < 4.78 is 5.10. The third-order valence-electron chi connectivity index (χ3n) is 5.86. The van der Waals surface area contributed by atoms with Gasteiger partial charge in [-0.15, -0.1) is 0 Å². The van der Waals surface area contributed by atoms with Gasteiger partial charge in [0.2, 0.25) is 0 Å². The first-order valence-corrected chi connectivity index (χ1v) is 10.5. The highest BCUT2D eigenvalue weighted by Gasteiger charge is 2.49. The van der Waals surface area contributed by atoms with Crippen LogP contribution in [0, 0.1) is 6.92 Å². The lowest BCUT2D eigenvalue weighted by Gasteiger charge is -2.40. The molecule has 0 bridgehead atoms. The van der Waals surface area contributed by atoms with Gasteiger partial charge in [0.05, 0.1) is 6.61 Å². The van der Waals surface area contributed by atoms with Crippen LogP contribution in [0.5, 0.6) is 0 Å². The number of likely N-dealkylation sites (N-methyl/N-ethyl adjacent to an activating group) is 1. The van der Waals surface area contributed by atoms with Crippen LogP contribution < -0.4 is 5.32 Å². The van der Waals surface area contributed by atoms with Crippen LogP contribution in [0.15, 0.2) is 29.3 Å². The average Bonchev–Trinajstić information content (AvgIpc) is 3.12. The number of nitrogens with zero attached hydrogens (tertiary/aromatic N) is 5. The number of aryl methyl sites for hydroxylation is 1. The van der Waals surface area contributed by atoms with E-state index in [1.54, 1.807) is 18.9 Å². The Hall–Kier alpha value is -3.30. The Morgan fingerprint density at radius 2 is 1.97 bits per heavy atom. The number of amides is 4. The van der Waals surface area contributed by atoms with E-state index in [-0.39, 0.29) is 12.0 Å². The van der Waals surface area contributed by atoms with E-state index in [0.29, 0.717) is 45.3 Å². The zero-order chi connectivity index (χ0) is 22.1. The number of ether oxygens (including phenoxy) is 1. The summed E-state index contributed by atoms with van der Waals surface area (Å²) in [6.07, 6.45) is -0.894. The van der Waals surface area contributed by atoms with E-state index in [9.17, 15) is 14.4 Å². The normalized spacial score (nSPS) is 23.5. The van der Waals surface area contributed by atoms with Crippen molar-refractivity contribution >= 4 is 24.0 Å². The van der Waals surface area contributed by atoms with Gasteiger partial charge in [-0.2, -0.15) is 0 Å².